The van der Waals surface area contributed by atoms with E-state index >= 15 is 0 Å². The first-order valence-corrected chi connectivity index (χ1v) is 7.60. The van der Waals surface area contributed by atoms with Crippen molar-refractivity contribution >= 4 is 29.1 Å². The van der Waals surface area contributed by atoms with Crippen molar-refractivity contribution in [2.24, 2.45) is 0 Å². The summed E-state index contributed by atoms with van der Waals surface area (Å²) >= 11 is 2.89. The standard InChI is InChI=1S/C12H15N3O2S2/c1-7-4-14-12(18-6-10(16)17)15(7)9(3)11-13-5-8(2)19-11/h4-5,9H,6H2,1-3H3,(H,16,17). The summed E-state index contributed by atoms with van der Waals surface area (Å²) in [5, 5.41) is 10.5. The Morgan fingerprint density at radius 2 is 2.21 bits per heavy atom. The first-order chi connectivity index (χ1) is 8.99. The summed E-state index contributed by atoms with van der Waals surface area (Å²) in [6.45, 7) is 6.04. The van der Waals surface area contributed by atoms with Crippen molar-refractivity contribution in [3.63, 3.8) is 0 Å². The predicted molar refractivity (Wildman–Crippen MR) is 76.0 cm³/mol. The fraction of sp³-hybridized carbons (Fsp3) is 0.417. The van der Waals surface area contributed by atoms with Gasteiger partial charge in [-0.1, -0.05) is 11.8 Å². The van der Waals surface area contributed by atoms with Crippen molar-refractivity contribution < 1.29 is 9.90 Å². The number of thioether (sulfide) groups is 1. The molecule has 0 fully saturated rings. The highest BCUT2D eigenvalue weighted by atomic mass is 32.2. The topological polar surface area (TPSA) is 68.0 Å². The zero-order chi connectivity index (χ0) is 14.0. The molecule has 19 heavy (non-hydrogen) atoms. The number of rotatable bonds is 5. The number of carboxylic acid groups (broad SMARTS) is 1. The summed E-state index contributed by atoms with van der Waals surface area (Å²) in [6.07, 6.45) is 3.62. The largest absolute Gasteiger partial charge is 0.481 e. The molecule has 0 amide bonds. The Morgan fingerprint density at radius 1 is 1.47 bits per heavy atom. The molecule has 0 aliphatic carbocycles. The number of carbonyl (C=O) groups is 1. The van der Waals surface area contributed by atoms with Gasteiger partial charge in [0.15, 0.2) is 5.16 Å². The first-order valence-electron chi connectivity index (χ1n) is 5.79. The lowest BCUT2D eigenvalue weighted by Crippen LogP contribution is -2.10. The Hall–Kier alpha value is -1.34. The normalized spacial score (nSPS) is 12.6. The Kier molecular flexibility index (Phi) is 4.26. The molecule has 2 aromatic heterocycles. The lowest BCUT2D eigenvalue weighted by molar-refractivity contribution is -0.133. The molecular weight excluding hydrogens is 282 g/mol. The number of aryl methyl sites for hydroxylation is 2. The molecule has 0 saturated carbocycles. The minimum absolute atomic E-state index is 0.0140. The Bertz CT molecular complexity index is 592. The van der Waals surface area contributed by atoms with Gasteiger partial charge >= 0.3 is 5.97 Å². The van der Waals surface area contributed by atoms with Gasteiger partial charge < -0.3 is 9.67 Å². The van der Waals surface area contributed by atoms with E-state index in [4.69, 9.17) is 5.11 Å². The van der Waals surface area contributed by atoms with Crippen LogP contribution >= 0.6 is 23.1 Å². The third-order valence-corrected chi connectivity index (χ3v) is 4.69. The van der Waals surface area contributed by atoms with Crippen LogP contribution in [0.25, 0.3) is 0 Å². The van der Waals surface area contributed by atoms with Crippen LogP contribution in [0.4, 0.5) is 0 Å². The van der Waals surface area contributed by atoms with E-state index in [9.17, 15) is 4.79 Å². The molecule has 0 aromatic carbocycles. The molecule has 2 rings (SSSR count). The van der Waals surface area contributed by atoms with Crippen LogP contribution in [0.2, 0.25) is 0 Å². The summed E-state index contributed by atoms with van der Waals surface area (Å²) in [4.78, 5) is 20.5. The number of thiazole rings is 1. The highest BCUT2D eigenvalue weighted by Gasteiger charge is 2.18. The summed E-state index contributed by atoms with van der Waals surface area (Å²) in [7, 11) is 0. The number of imidazole rings is 1. The number of hydrogen-bond donors (Lipinski definition) is 1. The van der Waals surface area contributed by atoms with E-state index in [1.807, 2.05) is 24.6 Å². The van der Waals surface area contributed by atoms with Gasteiger partial charge in [-0.2, -0.15) is 0 Å². The van der Waals surface area contributed by atoms with Crippen molar-refractivity contribution in [2.75, 3.05) is 5.75 Å². The van der Waals surface area contributed by atoms with Crippen LogP contribution in [0.5, 0.6) is 0 Å². The van der Waals surface area contributed by atoms with Gasteiger partial charge in [0, 0.05) is 23.0 Å². The van der Waals surface area contributed by atoms with Crippen LogP contribution in [0, 0.1) is 13.8 Å². The lowest BCUT2D eigenvalue weighted by Gasteiger charge is -2.15. The van der Waals surface area contributed by atoms with Crippen molar-refractivity contribution in [2.45, 2.75) is 32.0 Å². The molecule has 1 atom stereocenters. The molecule has 0 bridgehead atoms. The third-order valence-electron chi connectivity index (χ3n) is 2.66. The van der Waals surface area contributed by atoms with Gasteiger partial charge in [0.25, 0.3) is 0 Å². The van der Waals surface area contributed by atoms with Gasteiger partial charge in [0.2, 0.25) is 0 Å². The van der Waals surface area contributed by atoms with E-state index in [1.54, 1.807) is 17.5 Å². The molecule has 0 saturated heterocycles. The molecular formula is C12H15N3O2S2. The van der Waals surface area contributed by atoms with Crippen LogP contribution in [0.15, 0.2) is 17.6 Å². The van der Waals surface area contributed by atoms with Crippen LogP contribution in [-0.4, -0.2) is 31.4 Å². The monoisotopic (exact) mass is 297 g/mol. The van der Waals surface area contributed by atoms with Gasteiger partial charge in [0.1, 0.15) is 5.01 Å². The van der Waals surface area contributed by atoms with Crippen LogP contribution in [-0.2, 0) is 4.79 Å². The number of nitrogens with zero attached hydrogens (tertiary/aromatic N) is 3. The third kappa shape index (κ3) is 3.16. The van der Waals surface area contributed by atoms with Crippen LogP contribution in [0.3, 0.4) is 0 Å². The lowest BCUT2D eigenvalue weighted by atomic mass is 10.3. The molecule has 1 N–H and O–H groups in total. The SMILES string of the molecule is Cc1cnc(C(C)n2c(C)cnc2SCC(=O)O)s1. The number of aromatic nitrogens is 3. The number of hydrogen-bond acceptors (Lipinski definition) is 5. The second-order valence-electron chi connectivity index (χ2n) is 4.22. The van der Waals surface area contributed by atoms with Gasteiger partial charge in [-0.3, -0.25) is 4.79 Å². The van der Waals surface area contributed by atoms with Crippen LogP contribution < -0.4 is 0 Å². The van der Waals surface area contributed by atoms with Gasteiger partial charge in [-0.25, -0.2) is 9.97 Å². The smallest absolute Gasteiger partial charge is 0.313 e. The summed E-state index contributed by atoms with van der Waals surface area (Å²) in [5.74, 6) is -0.824. The van der Waals surface area contributed by atoms with E-state index in [2.05, 4.69) is 16.9 Å². The molecule has 0 aliphatic heterocycles. The quantitative estimate of drug-likeness (QED) is 0.859. The molecule has 102 valence electrons. The summed E-state index contributed by atoms with van der Waals surface area (Å²) < 4.78 is 2.03. The van der Waals surface area contributed by atoms with Gasteiger partial charge in [0.05, 0.1) is 11.8 Å². The Morgan fingerprint density at radius 3 is 2.79 bits per heavy atom. The van der Waals surface area contributed by atoms with E-state index in [-0.39, 0.29) is 11.8 Å². The average molecular weight is 297 g/mol. The minimum Gasteiger partial charge on any atom is -0.481 e. The fourth-order valence-electron chi connectivity index (χ4n) is 1.80. The zero-order valence-electron chi connectivity index (χ0n) is 11.0. The molecule has 1 unspecified atom stereocenters. The molecule has 0 radical (unpaired) electrons. The molecule has 0 spiro atoms. The summed E-state index contributed by atoms with van der Waals surface area (Å²) in [6, 6.07) is 0.0671. The van der Waals surface area contributed by atoms with Crippen molar-refractivity contribution in [1.29, 1.82) is 0 Å². The van der Waals surface area contributed by atoms with E-state index in [1.165, 1.54) is 16.6 Å². The van der Waals surface area contributed by atoms with Gasteiger partial charge in [-0.05, 0) is 20.8 Å². The van der Waals surface area contributed by atoms with Crippen molar-refractivity contribution in [3.8, 4) is 0 Å². The molecule has 2 heterocycles. The van der Waals surface area contributed by atoms with E-state index in [0.29, 0.717) is 0 Å². The molecule has 2 aromatic rings. The second kappa shape index (κ2) is 5.75. The van der Waals surface area contributed by atoms with Crippen LogP contribution in [0.1, 0.15) is 28.5 Å². The Labute approximate surface area is 119 Å². The van der Waals surface area contributed by atoms with Gasteiger partial charge in [-0.15, -0.1) is 11.3 Å². The molecule has 5 nitrogen and oxygen atoms in total. The maximum atomic E-state index is 10.7. The maximum absolute atomic E-state index is 10.7. The second-order valence-corrected chi connectivity index (χ2v) is 6.43. The van der Waals surface area contributed by atoms with Crippen molar-refractivity contribution in [1.82, 2.24) is 14.5 Å². The minimum atomic E-state index is -0.838. The van der Waals surface area contributed by atoms with E-state index < -0.39 is 5.97 Å². The maximum Gasteiger partial charge on any atom is 0.313 e. The number of carboxylic acids is 1. The predicted octanol–water partition coefficient (Wildman–Crippen LogP) is 2.74. The average Bonchev–Trinajstić information content (AvgIpc) is 2.92. The first kappa shape index (κ1) is 14.1. The zero-order valence-corrected chi connectivity index (χ0v) is 12.6. The number of aliphatic carboxylic acids is 1. The summed E-state index contributed by atoms with van der Waals surface area (Å²) in [5.41, 5.74) is 1.01. The highest BCUT2D eigenvalue weighted by molar-refractivity contribution is 7.99. The highest BCUT2D eigenvalue weighted by Crippen LogP contribution is 2.29. The molecule has 0 aliphatic rings. The fourth-order valence-corrected chi connectivity index (χ4v) is 3.44. The van der Waals surface area contributed by atoms with E-state index in [0.717, 1.165) is 15.9 Å². The molecule has 7 heteroatoms. The van der Waals surface area contributed by atoms with Crippen molar-refractivity contribution in [3.05, 3.63) is 28.0 Å². The Balaban J connectivity index is 2.27.